The van der Waals surface area contributed by atoms with Crippen LogP contribution in [0, 0.1) is 0 Å². The zero-order valence-electron chi connectivity index (χ0n) is 14.3. The zero-order valence-corrected chi connectivity index (χ0v) is 15.8. The molecule has 0 spiro atoms. The molecule has 1 saturated heterocycles. The largest absolute Gasteiger partial charge is 0.510 e. The minimum absolute atomic E-state index is 0.237. The quantitative estimate of drug-likeness (QED) is 0.222. The van der Waals surface area contributed by atoms with E-state index in [4.69, 9.17) is 48.8 Å². The number of rotatable bonds is 7. The Morgan fingerprint density at radius 1 is 1.41 bits per heavy atom. The molecule has 2 rings (SSSR count). The molecule has 1 heterocycles. The van der Waals surface area contributed by atoms with E-state index in [0.717, 1.165) is 0 Å². The second-order valence-electron chi connectivity index (χ2n) is 5.29. The van der Waals surface area contributed by atoms with E-state index in [1.165, 1.54) is 12.1 Å². The van der Waals surface area contributed by atoms with Crippen molar-refractivity contribution >= 4 is 46.7 Å². The predicted octanol–water partition coefficient (Wildman–Crippen LogP) is 1.98. The van der Waals surface area contributed by atoms with Gasteiger partial charge < -0.3 is 25.4 Å². The number of carbonyl (C=O) groups excluding carboxylic acids is 1. The molecule has 0 aliphatic carbocycles. The lowest BCUT2D eigenvalue weighted by atomic mass is 10.3. The average Bonchev–Trinajstić information content (AvgIpc) is 3.03. The molecule has 0 aromatic heterocycles. The van der Waals surface area contributed by atoms with Crippen molar-refractivity contribution in [2.75, 3.05) is 32.0 Å². The third-order valence-electron chi connectivity index (χ3n) is 3.38. The van der Waals surface area contributed by atoms with Crippen molar-refractivity contribution in [1.82, 2.24) is 15.6 Å². The van der Waals surface area contributed by atoms with Gasteiger partial charge >= 0.3 is 6.16 Å². The maximum Gasteiger partial charge on any atom is 0.510 e. The molecule has 1 fully saturated rings. The lowest BCUT2D eigenvalue weighted by molar-refractivity contribution is -0.493. The highest BCUT2D eigenvalue weighted by Gasteiger charge is 2.27. The Hall–Kier alpha value is -2.02. The maximum atomic E-state index is 11.7. The first-order chi connectivity index (χ1) is 12.8. The van der Waals surface area contributed by atoms with Gasteiger partial charge in [-0.25, -0.2) is 14.6 Å². The number of anilines is 1. The van der Waals surface area contributed by atoms with E-state index in [-0.39, 0.29) is 23.3 Å². The molecule has 5 N–H and O–H groups in total. The highest BCUT2D eigenvalue weighted by atomic mass is 35.5. The number of halogens is 2. The molecule has 1 unspecified atom stereocenters. The summed E-state index contributed by atoms with van der Waals surface area (Å²) in [7, 11) is 0. The summed E-state index contributed by atoms with van der Waals surface area (Å²) in [5.41, 5.74) is 6.43. The number of ether oxygens (including phenoxy) is 2. The summed E-state index contributed by atoms with van der Waals surface area (Å²) in [6.07, 6.45) is -1.66. The molecule has 27 heavy (non-hydrogen) atoms. The van der Waals surface area contributed by atoms with Crippen molar-refractivity contribution in [2.24, 2.45) is 4.99 Å². The molecule has 0 radical (unpaired) electrons. The minimum Gasteiger partial charge on any atom is -0.432 e. The molecule has 0 bridgehead atoms. The molecular formula is C14H19Cl2N5O6. The van der Waals surface area contributed by atoms with Crippen LogP contribution in [0.15, 0.2) is 17.1 Å². The van der Waals surface area contributed by atoms with Crippen molar-refractivity contribution in [1.29, 1.82) is 0 Å². The van der Waals surface area contributed by atoms with Crippen molar-refractivity contribution < 1.29 is 29.5 Å². The minimum atomic E-state index is -0.955. The molecule has 1 atom stereocenters. The summed E-state index contributed by atoms with van der Waals surface area (Å²) in [5, 5.41) is 19.9. The maximum absolute atomic E-state index is 11.7. The summed E-state index contributed by atoms with van der Waals surface area (Å²) >= 11 is 12.3. The molecule has 11 nitrogen and oxygen atoms in total. The van der Waals surface area contributed by atoms with Crippen LogP contribution in [0.25, 0.3) is 0 Å². The number of nitrogen functional groups attached to an aromatic ring is 1. The summed E-state index contributed by atoms with van der Waals surface area (Å²) in [4.78, 5) is 22.0. The van der Waals surface area contributed by atoms with E-state index in [1.807, 2.05) is 0 Å². The fraction of sp³-hybridized carbons (Fsp3) is 0.429. The molecule has 150 valence electrons. The van der Waals surface area contributed by atoms with Crippen molar-refractivity contribution in [2.45, 2.75) is 13.2 Å². The van der Waals surface area contributed by atoms with E-state index in [2.05, 4.69) is 15.1 Å². The smallest absolute Gasteiger partial charge is 0.432 e. The van der Waals surface area contributed by atoms with E-state index in [9.17, 15) is 4.79 Å². The van der Waals surface area contributed by atoms with E-state index in [0.29, 0.717) is 30.4 Å². The first kappa shape index (κ1) is 21.3. The van der Waals surface area contributed by atoms with Crippen LogP contribution in [0.3, 0.4) is 0 Å². The number of nitrogens with zero attached hydrogens (tertiary/aromatic N) is 3. The second-order valence-corrected chi connectivity index (χ2v) is 6.10. The number of carbonyl (C=O) groups is 1. The van der Waals surface area contributed by atoms with Gasteiger partial charge in [-0.1, -0.05) is 23.2 Å². The first-order valence-electron chi connectivity index (χ1n) is 7.76. The summed E-state index contributed by atoms with van der Waals surface area (Å²) in [5.74, 6) is 0.420. The third kappa shape index (κ3) is 6.27. The third-order valence-corrected chi connectivity index (χ3v) is 3.96. The second kappa shape index (κ2) is 9.78. The number of hydrogen-bond donors (Lipinski definition) is 4. The Kier molecular flexibility index (Phi) is 7.71. The molecule has 1 aliphatic heterocycles. The molecule has 13 heteroatoms. The van der Waals surface area contributed by atoms with E-state index >= 15 is 0 Å². The van der Waals surface area contributed by atoms with Crippen LogP contribution >= 0.6 is 23.2 Å². The number of guanidine groups is 1. The summed E-state index contributed by atoms with van der Waals surface area (Å²) < 4.78 is 9.90. The number of aliphatic imine (C=N–C) groups is 1. The number of nitrogens with one attached hydrogen (secondary N) is 1. The van der Waals surface area contributed by atoms with Crippen LogP contribution in [0.4, 0.5) is 16.2 Å². The number of hydrogen-bond acceptors (Lipinski definition) is 9. The summed E-state index contributed by atoms with van der Waals surface area (Å²) in [6, 6.07) is 3.07. The Morgan fingerprint density at radius 2 is 2.07 bits per heavy atom. The standard InChI is InChI=1S/C14H19Cl2N5O6/c1-8(27-14(22)25-4-5-26-21(23)24)20-3-2-18-13(20)19-12-10(15)6-9(17)7-11(12)16/h6-8,23-24H,2-5,17H2,1H3,(H,18,19). The molecule has 0 amide bonds. The van der Waals surface area contributed by atoms with Crippen LogP contribution in [0.2, 0.25) is 10.0 Å². The predicted molar refractivity (Wildman–Crippen MR) is 95.9 cm³/mol. The lowest BCUT2D eigenvalue weighted by Gasteiger charge is -2.25. The van der Waals surface area contributed by atoms with Crippen LogP contribution in [-0.4, -0.2) is 65.4 Å². The van der Waals surface area contributed by atoms with E-state index < -0.39 is 17.8 Å². The summed E-state index contributed by atoms with van der Waals surface area (Å²) in [6.45, 7) is 2.23. The fourth-order valence-electron chi connectivity index (χ4n) is 2.23. The van der Waals surface area contributed by atoms with Gasteiger partial charge in [-0.2, -0.15) is 0 Å². The zero-order chi connectivity index (χ0) is 20.0. The molecule has 1 aromatic rings. The Bertz CT molecular complexity index is 682. The van der Waals surface area contributed by atoms with Gasteiger partial charge in [0.15, 0.2) is 6.23 Å². The Labute approximate surface area is 164 Å². The van der Waals surface area contributed by atoms with Crippen molar-refractivity contribution in [3.05, 3.63) is 22.2 Å². The van der Waals surface area contributed by atoms with Crippen molar-refractivity contribution in [3.8, 4) is 0 Å². The van der Waals surface area contributed by atoms with Crippen LogP contribution in [0.5, 0.6) is 0 Å². The van der Waals surface area contributed by atoms with Crippen LogP contribution in [0.1, 0.15) is 6.92 Å². The van der Waals surface area contributed by atoms with Gasteiger partial charge in [0.1, 0.15) is 18.9 Å². The van der Waals surface area contributed by atoms with Gasteiger partial charge in [0.25, 0.3) is 0 Å². The van der Waals surface area contributed by atoms with Gasteiger partial charge in [-0.05, 0) is 19.1 Å². The highest BCUT2D eigenvalue weighted by molar-refractivity contribution is 6.39. The van der Waals surface area contributed by atoms with E-state index in [1.54, 1.807) is 11.8 Å². The molecule has 1 aliphatic rings. The molecule has 1 aromatic carbocycles. The topological polar surface area (TPSA) is 142 Å². The monoisotopic (exact) mass is 423 g/mol. The number of benzene rings is 1. The lowest BCUT2D eigenvalue weighted by Crippen LogP contribution is -2.40. The Morgan fingerprint density at radius 3 is 2.70 bits per heavy atom. The normalized spacial score (nSPS) is 16.5. The van der Waals surface area contributed by atoms with Gasteiger partial charge in [0.05, 0.1) is 15.4 Å². The molecule has 0 saturated carbocycles. The van der Waals surface area contributed by atoms with Gasteiger partial charge in [-0.15, -0.1) is 0 Å². The average molecular weight is 424 g/mol. The SMILES string of the molecule is CC(OC(=O)OCCON(O)O)N1CCN/C1=N\c1c(Cl)cc(N)cc1Cl. The fourth-order valence-corrected chi connectivity index (χ4v) is 2.82. The highest BCUT2D eigenvalue weighted by Crippen LogP contribution is 2.35. The van der Waals surface area contributed by atoms with Crippen LogP contribution in [-0.2, 0) is 14.3 Å². The first-order valence-corrected chi connectivity index (χ1v) is 8.51. The molecular weight excluding hydrogens is 405 g/mol. The van der Waals surface area contributed by atoms with Gasteiger partial charge in [-0.3, -0.25) is 10.4 Å². The van der Waals surface area contributed by atoms with Crippen molar-refractivity contribution in [3.63, 3.8) is 0 Å². The number of nitrogens with two attached hydrogens (primary N) is 1. The van der Waals surface area contributed by atoms with Crippen LogP contribution < -0.4 is 11.1 Å². The van der Waals surface area contributed by atoms with Gasteiger partial charge in [0.2, 0.25) is 5.96 Å². The van der Waals surface area contributed by atoms with Gasteiger partial charge in [0, 0.05) is 18.8 Å². The Balaban J connectivity index is 1.98.